The second-order valence-electron chi connectivity index (χ2n) is 4.04. The summed E-state index contributed by atoms with van der Waals surface area (Å²) in [5.41, 5.74) is 6.36. The molecular formula is C11H14BrFN2. The summed E-state index contributed by atoms with van der Waals surface area (Å²) >= 11 is 3.33. The van der Waals surface area contributed by atoms with E-state index in [2.05, 4.69) is 21.2 Å². The maximum absolute atomic E-state index is 13.4. The van der Waals surface area contributed by atoms with Gasteiger partial charge < -0.3 is 11.1 Å². The average Bonchev–Trinajstić information content (AvgIpc) is 2.58. The molecule has 2 unspecified atom stereocenters. The summed E-state index contributed by atoms with van der Waals surface area (Å²) < 4.78 is 14.3. The fourth-order valence-electron chi connectivity index (χ4n) is 1.98. The van der Waals surface area contributed by atoms with Crippen LogP contribution in [0, 0.1) is 5.82 Å². The maximum Gasteiger partial charge on any atom is 0.146 e. The van der Waals surface area contributed by atoms with E-state index in [-0.39, 0.29) is 11.9 Å². The van der Waals surface area contributed by atoms with Crippen molar-refractivity contribution in [2.75, 3.05) is 5.32 Å². The zero-order valence-electron chi connectivity index (χ0n) is 8.34. The van der Waals surface area contributed by atoms with E-state index in [0.717, 1.165) is 23.7 Å². The van der Waals surface area contributed by atoms with Crippen molar-refractivity contribution in [3.05, 3.63) is 28.5 Å². The van der Waals surface area contributed by atoms with Crippen LogP contribution in [0.25, 0.3) is 0 Å². The van der Waals surface area contributed by atoms with E-state index in [9.17, 15) is 4.39 Å². The number of hydrogen-bond donors (Lipinski definition) is 2. The lowest BCUT2D eigenvalue weighted by Gasteiger charge is -2.14. The van der Waals surface area contributed by atoms with E-state index >= 15 is 0 Å². The van der Waals surface area contributed by atoms with E-state index in [1.165, 1.54) is 6.07 Å². The molecule has 0 aromatic heterocycles. The summed E-state index contributed by atoms with van der Waals surface area (Å²) in [6.07, 6.45) is 2.96. The van der Waals surface area contributed by atoms with Gasteiger partial charge in [-0.25, -0.2) is 4.39 Å². The Balaban J connectivity index is 2.07. The van der Waals surface area contributed by atoms with Gasteiger partial charge in [0.25, 0.3) is 0 Å². The van der Waals surface area contributed by atoms with Gasteiger partial charge in [-0.2, -0.15) is 0 Å². The molecule has 0 spiro atoms. The lowest BCUT2D eigenvalue weighted by molar-refractivity contribution is 0.622. The Labute approximate surface area is 97.2 Å². The number of nitrogens with two attached hydrogens (primary N) is 1. The zero-order valence-corrected chi connectivity index (χ0v) is 9.93. The number of rotatable bonds is 2. The lowest BCUT2D eigenvalue weighted by Crippen LogP contribution is -2.21. The van der Waals surface area contributed by atoms with Crippen LogP contribution < -0.4 is 11.1 Å². The Morgan fingerprint density at radius 1 is 1.40 bits per heavy atom. The SMILES string of the molecule is NC1CCC(Nc2cc(Br)ccc2F)C1. The molecule has 0 amide bonds. The summed E-state index contributed by atoms with van der Waals surface area (Å²) in [6, 6.07) is 5.49. The predicted octanol–water partition coefficient (Wildman–Crippen LogP) is 2.88. The van der Waals surface area contributed by atoms with Crippen LogP contribution in [0.1, 0.15) is 19.3 Å². The van der Waals surface area contributed by atoms with Gasteiger partial charge in [0.2, 0.25) is 0 Å². The van der Waals surface area contributed by atoms with Gasteiger partial charge in [0.1, 0.15) is 5.82 Å². The van der Waals surface area contributed by atoms with Gasteiger partial charge in [0.15, 0.2) is 0 Å². The molecule has 1 saturated carbocycles. The molecule has 0 aliphatic heterocycles. The van der Waals surface area contributed by atoms with Gasteiger partial charge in [-0.3, -0.25) is 0 Å². The van der Waals surface area contributed by atoms with Gasteiger partial charge in [-0.1, -0.05) is 15.9 Å². The monoisotopic (exact) mass is 272 g/mol. The van der Waals surface area contributed by atoms with Gasteiger partial charge in [-0.05, 0) is 37.5 Å². The van der Waals surface area contributed by atoms with Crippen LogP contribution in [-0.2, 0) is 0 Å². The fourth-order valence-corrected chi connectivity index (χ4v) is 2.34. The molecule has 2 rings (SSSR count). The van der Waals surface area contributed by atoms with Crippen molar-refractivity contribution < 1.29 is 4.39 Å². The van der Waals surface area contributed by atoms with Crippen molar-refractivity contribution in [1.82, 2.24) is 0 Å². The Morgan fingerprint density at radius 3 is 2.87 bits per heavy atom. The van der Waals surface area contributed by atoms with Crippen LogP contribution in [-0.4, -0.2) is 12.1 Å². The van der Waals surface area contributed by atoms with E-state index in [1.54, 1.807) is 12.1 Å². The minimum atomic E-state index is -0.210. The molecule has 2 nitrogen and oxygen atoms in total. The largest absolute Gasteiger partial charge is 0.380 e. The highest BCUT2D eigenvalue weighted by Gasteiger charge is 2.22. The summed E-state index contributed by atoms with van der Waals surface area (Å²) in [5, 5.41) is 3.20. The maximum atomic E-state index is 13.4. The van der Waals surface area contributed by atoms with Crippen molar-refractivity contribution in [3.8, 4) is 0 Å². The molecular weight excluding hydrogens is 259 g/mol. The average molecular weight is 273 g/mol. The number of benzene rings is 1. The molecule has 4 heteroatoms. The molecule has 0 bridgehead atoms. The summed E-state index contributed by atoms with van der Waals surface area (Å²) in [5.74, 6) is -0.210. The van der Waals surface area contributed by atoms with E-state index < -0.39 is 0 Å². The quantitative estimate of drug-likeness (QED) is 0.869. The van der Waals surface area contributed by atoms with Crippen molar-refractivity contribution in [2.45, 2.75) is 31.3 Å². The number of anilines is 1. The zero-order chi connectivity index (χ0) is 10.8. The van der Waals surface area contributed by atoms with Gasteiger partial charge in [0, 0.05) is 16.6 Å². The fraction of sp³-hybridized carbons (Fsp3) is 0.455. The van der Waals surface area contributed by atoms with Crippen LogP contribution in [0.5, 0.6) is 0 Å². The van der Waals surface area contributed by atoms with Crippen molar-refractivity contribution >= 4 is 21.6 Å². The predicted molar refractivity (Wildman–Crippen MR) is 63.3 cm³/mol. The summed E-state index contributed by atoms with van der Waals surface area (Å²) in [7, 11) is 0. The Morgan fingerprint density at radius 2 is 2.20 bits per heavy atom. The molecule has 3 N–H and O–H groups in total. The third kappa shape index (κ3) is 2.69. The van der Waals surface area contributed by atoms with Gasteiger partial charge in [-0.15, -0.1) is 0 Å². The Bertz CT molecular complexity index is 356. The molecule has 0 heterocycles. The Kier molecular flexibility index (Phi) is 3.26. The highest BCUT2D eigenvalue weighted by molar-refractivity contribution is 9.10. The van der Waals surface area contributed by atoms with Crippen LogP contribution in [0.3, 0.4) is 0 Å². The standard InChI is InChI=1S/C11H14BrFN2/c12-7-1-4-10(13)11(5-7)15-9-3-2-8(14)6-9/h1,4-5,8-9,15H,2-3,6,14H2. The lowest BCUT2D eigenvalue weighted by atomic mass is 10.2. The van der Waals surface area contributed by atoms with Gasteiger partial charge >= 0.3 is 0 Å². The van der Waals surface area contributed by atoms with Crippen LogP contribution in [0.2, 0.25) is 0 Å². The molecule has 1 aliphatic carbocycles. The Hall–Kier alpha value is -0.610. The highest BCUT2D eigenvalue weighted by Crippen LogP contribution is 2.25. The molecule has 82 valence electrons. The second kappa shape index (κ2) is 4.49. The van der Waals surface area contributed by atoms with Crippen LogP contribution in [0.4, 0.5) is 10.1 Å². The minimum Gasteiger partial charge on any atom is -0.380 e. The third-order valence-electron chi connectivity index (χ3n) is 2.76. The first kappa shape index (κ1) is 10.9. The molecule has 1 aliphatic rings. The molecule has 15 heavy (non-hydrogen) atoms. The van der Waals surface area contributed by atoms with Crippen molar-refractivity contribution in [1.29, 1.82) is 0 Å². The first-order valence-corrected chi connectivity index (χ1v) is 5.91. The number of halogens is 2. The molecule has 1 fully saturated rings. The summed E-state index contributed by atoms with van der Waals surface area (Å²) in [6.45, 7) is 0. The molecule has 1 aromatic carbocycles. The first-order chi connectivity index (χ1) is 7.15. The highest BCUT2D eigenvalue weighted by atomic mass is 79.9. The first-order valence-electron chi connectivity index (χ1n) is 5.12. The van der Waals surface area contributed by atoms with Crippen molar-refractivity contribution in [2.24, 2.45) is 5.73 Å². The number of nitrogens with one attached hydrogen (secondary N) is 1. The molecule has 0 radical (unpaired) electrons. The topological polar surface area (TPSA) is 38.0 Å². The minimum absolute atomic E-state index is 0.210. The third-order valence-corrected chi connectivity index (χ3v) is 3.25. The van der Waals surface area contributed by atoms with E-state index in [4.69, 9.17) is 5.73 Å². The van der Waals surface area contributed by atoms with E-state index in [0.29, 0.717) is 11.7 Å². The number of hydrogen-bond acceptors (Lipinski definition) is 2. The molecule has 2 atom stereocenters. The van der Waals surface area contributed by atoms with Crippen LogP contribution in [0.15, 0.2) is 22.7 Å². The van der Waals surface area contributed by atoms with Crippen molar-refractivity contribution in [3.63, 3.8) is 0 Å². The smallest absolute Gasteiger partial charge is 0.146 e. The van der Waals surface area contributed by atoms with Gasteiger partial charge in [0.05, 0.1) is 5.69 Å². The molecule has 0 saturated heterocycles. The second-order valence-corrected chi connectivity index (χ2v) is 4.95. The normalized spacial score (nSPS) is 25.5. The molecule has 1 aromatic rings. The van der Waals surface area contributed by atoms with Crippen LogP contribution >= 0.6 is 15.9 Å². The van der Waals surface area contributed by atoms with E-state index in [1.807, 2.05) is 0 Å². The summed E-state index contributed by atoms with van der Waals surface area (Å²) in [4.78, 5) is 0.